The van der Waals surface area contributed by atoms with E-state index in [0.29, 0.717) is 48.1 Å². The summed E-state index contributed by atoms with van der Waals surface area (Å²) in [4.78, 5) is 22.3. The molecule has 7 rings (SSSR count). The molecule has 0 unspecified atom stereocenters. The minimum Gasteiger partial charge on any atom is -0.494 e. The summed E-state index contributed by atoms with van der Waals surface area (Å²) in [6, 6.07) is 10.4. The van der Waals surface area contributed by atoms with E-state index in [1.54, 1.807) is 18.2 Å². The van der Waals surface area contributed by atoms with E-state index in [-0.39, 0.29) is 0 Å². The topological polar surface area (TPSA) is 87.1 Å². The number of piperidine rings is 2. The number of likely N-dealkylation sites (tertiary alicyclic amines) is 1. The molecule has 3 saturated heterocycles. The summed E-state index contributed by atoms with van der Waals surface area (Å²) in [6.45, 7) is 4.65. The molecule has 2 aromatic carbocycles. The lowest BCUT2D eigenvalue weighted by atomic mass is 9.96. The van der Waals surface area contributed by atoms with Gasteiger partial charge in [-0.1, -0.05) is 0 Å². The van der Waals surface area contributed by atoms with Gasteiger partial charge in [0.2, 0.25) is 0 Å². The third-order valence-electron chi connectivity index (χ3n) is 10.2. The zero-order valence-electron chi connectivity index (χ0n) is 28.6. The standard InChI is InChI=1S/C36H45F2N9O2/c1-43(2)28-5-10-45(11-6-28)29-7-12-46(13-8-29)33-19-34(48-4)31(18-30(33)25-21-41-44(3)22-25)42-35-20-36(40-23-39-35)47-32(9-14-49-47)24-15-26(37)17-27(38)16-24/h15-23,28-29,32H,5-14H2,1-4H3,(H,39,40,42)/t32-/m1/s1. The minimum absolute atomic E-state index is 0.394. The summed E-state index contributed by atoms with van der Waals surface area (Å²) in [7, 11) is 7.98. The zero-order valence-corrected chi connectivity index (χ0v) is 28.6. The Kier molecular flexibility index (Phi) is 9.66. The number of methoxy groups -OCH3 is 1. The van der Waals surface area contributed by atoms with Crippen molar-refractivity contribution in [2.75, 3.05) is 69.3 Å². The molecule has 4 aromatic rings. The molecule has 5 heterocycles. The van der Waals surface area contributed by atoms with Crippen LogP contribution in [0.15, 0.2) is 55.1 Å². The number of hydrogen-bond acceptors (Lipinski definition) is 10. The van der Waals surface area contributed by atoms with Crippen molar-refractivity contribution >= 4 is 23.0 Å². The van der Waals surface area contributed by atoms with E-state index < -0.39 is 17.7 Å². The molecular formula is C36H45F2N9O2. The first-order valence-corrected chi connectivity index (χ1v) is 17.1. The summed E-state index contributed by atoms with van der Waals surface area (Å²) in [5, 5.41) is 9.50. The second kappa shape index (κ2) is 14.3. The highest BCUT2D eigenvalue weighted by Gasteiger charge is 2.32. The Morgan fingerprint density at radius 1 is 0.918 bits per heavy atom. The number of hydroxylamine groups is 1. The van der Waals surface area contributed by atoms with Crippen LogP contribution < -0.4 is 20.0 Å². The zero-order chi connectivity index (χ0) is 34.1. The number of aromatic nitrogens is 4. The van der Waals surface area contributed by atoms with Crippen LogP contribution in [0.4, 0.5) is 31.8 Å². The highest BCUT2D eigenvalue weighted by atomic mass is 19.1. The molecule has 0 amide bonds. The summed E-state index contributed by atoms with van der Waals surface area (Å²) in [6.07, 6.45) is 10.6. The molecule has 260 valence electrons. The van der Waals surface area contributed by atoms with Crippen molar-refractivity contribution in [2.45, 2.75) is 50.2 Å². The van der Waals surface area contributed by atoms with E-state index in [0.717, 1.165) is 54.5 Å². The van der Waals surface area contributed by atoms with Crippen LogP contribution in [0, 0.1) is 11.6 Å². The molecule has 0 aliphatic carbocycles. The van der Waals surface area contributed by atoms with Crippen molar-refractivity contribution in [1.82, 2.24) is 29.5 Å². The second-order valence-electron chi connectivity index (χ2n) is 13.5. The predicted octanol–water partition coefficient (Wildman–Crippen LogP) is 5.79. The van der Waals surface area contributed by atoms with Crippen molar-refractivity contribution in [3.63, 3.8) is 0 Å². The van der Waals surface area contributed by atoms with Gasteiger partial charge in [0.1, 0.15) is 29.5 Å². The molecule has 3 fully saturated rings. The number of nitrogens with one attached hydrogen (secondary N) is 1. The Morgan fingerprint density at radius 2 is 1.67 bits per heavy atom. The molecule has 1 atom stereocenters. The highest BCUT2D eigenvalue weighted by Crippen LogP contribution is 2.42. The number of nitrogens with zero attached hydrogens (tertiary/aromatic N) is 8. The fraction of sp³-hybridized carbons (Fsp3) is 0.472. The molecule has 49 heavy (non-hydrogen) atoms. The van der Waals surface area contributed by atoms with Gasteiger partial charge in [-0.05, 0) is 76.6 Å². The van der Waals surface area contributed by atoms with E-state index in [1.807, 2.05) is 24.1 Å². The first-order chi connectivity index (χ1) is 23.7. The van der Waals surface area contributed by atoms with Gasteiger partial charge >= 0.3 is 0 Å². The van der Waals surface area contributed by atoms with Crippen LogP contribution in [0.25, 0.3) is 11.1 Å². The number of benzene rings is 2. The van der Waals surface area contributed by atoms with Crippen LogP contribution in [0.3, 0.4) is 0 Å². The molecule has 0 saturated carbocycles. The lowest BCUT2D eigenvalue weighted by molar-refractivity contribution is 0.0961. The molecule has 3 aliphatic heterocycles. The molecule has 13 heteroatoms. The first kappa shape index (κ1) is 33.2. The quantitative estimate of drug-likeness (QED) is 0.236. The Morgan fingerprint density at radius 3 is 2.35 bits per heavy atom. The van der Waals surface area contributed by atoms with Gasteiger partial charge in [0.25, 0.3) is 0 Å². The summed E-state index contributed by atoms with van der Waals surface area (Å²) < 4.78 is 35.9. The van der Waals surface area contributed by atoms with Gasteiger partial charge in [0.05, 0.1) is 31.6 Å². The van der Waals surface area contributed by atoms with E-state index in [2.05, 4.69) is 61.3 Å². The first-order valence-electron chi connectivity index (χ1n) is 17.1. The number of hydrogen-bond donors (Lipinski definition) is 1. The van der Waals surface area contributed by atoms with Crippen LogP contribution in [-0.2, 0) is 11.9 Å². The van der Waals surface area contributed by atoms with Gasteiger partial charge in [-0.2, -0.15) is 5.10 Å². The summed E-state index contributed by atoms with van der Waals surface area (Å²) in [5.41, 5.74) is 4.39. The van der Waals surface area contributed by atoms with Gasteiger partial charge in [-0.15, -0.1) is 0 Å². The number of rotatable bonds is 9. The molecule has 3 aliphatic rings. The van der Waals surface area contributed by atoms with Gasteiger partial charge in [-0.3, -0.25) is 9.52 Å². The minimum atomic E-state index is -0.628. The second-order valence-corrected chi connectivity index (χ2v) is 13.5. The Labute approximate surface area is 286 Å². The molecule has 0 radical (unpaired) electrons. The Balaban J connectivity index is 1.12. The lowest BCUT2D eigenvalue weighted by Gasteiger charge is -2.43. The predicted molar refractivity (Wildman–Crippen MR) is 186 cm³/mol. The van der Waals surface area contributed by atoms with Crippen molar-refractivity contribution in [2.24, 2.45) is 7.05 Å². The monoisotopic (exact) mass is 673 g/mol. The summed E-state index contributed by atoms with van der Waals surface area (Å²) in [5.74, 6) is 0.419. The molecule has 0 spiro atoms. The molecule has 1 N–H and O–H groups in total. The van der Waals surface area contributed by atoms with Crippen LogP contribution in [-0.4, -0.2) is 95.6 Å². The van der Waals surface area contributed by atoms with Crippen LogP contribution in [0.1, 0.15) is 43.7 Å². The normalized spacial score (nSPS) is 19.6. The van der Waals surface area contributed by atoms with E-state index in [9.17, 15) is 8.78 Å². The highest BCUT2D eigenvalue weighted by molar-refractivity contribution is 5.85. The third kappa shape index (κ3) is 7.19. The molecule has 2 aromatic heterocycles. The third-order valence-corrected chi connectivity index (χ3v) is 10.2. The fourth-order valence-electron chi connectivity index (χ4n) is 7.57. The maximum absolute atomic E-state index is 14.1. The average molecular weight is 674 g/mol. The van der Waals surface area contributed by atoms with Crippen LogP contribution in [0.2, 0.25) is 0 Å². The van der Waals surface area contributed by atoms with Gasteiger partial charge < -0.3 is 24.8 Å². The van der Waals surface area contributed by atoms with Gasteiger partial charge in [-0.25, -0.2) is 23.8 Å². The average Bonchev–Trinajstić information content (AvgIpc) is 3.78. The summed E-state index contributed by atoms with van der Waals surface area (Å²) >= 11 is 0. The number of ether oxygens (including phenoxy) is 1. The van der Waals surface area contributed by atoms with Crippen molar-refractivity contribution in [3.8, 4) is 16.9 Å². The van der Waals surface area contributed by atoms with Gasteiger partial charge in [0.15, 0.2) is 5.82 Å². The van der Waals surface area contributed by atoms with Gasteiger partial charge in [0, 0.05) is 79.9 Å². The lowest BCUT2D eigenvalue weighted by Crippen LogP contribution is -2.50. The number of anilines is 4. The maximum Gasteiger partial charge on any atom is 0.158 e. The Bertz CT molecular complexity index is 1730. The van der Waals surface area contributed by atoms with Crippen molar-refractivity contribution in [1.29, 1.82) is 0 Å². The van der Waals surface area contributed by atoms with Crippen LogP contribution in [0.5, 0.6) is 5.75 Å². The smallest absolute Gasteiger partial charge is 0.158 e. The van der Waals surface area contributed by atoms with Crippen molar-refractivity contribution < 1.29 is 18.4 Å². The molecule has 0 bridgehead atoms. The largest absolute Gasteiger partial charge is 0.494 e. The fourth-order valence-corrected chi connectivity index (χ4v) is 7.57. The molecular weight excluding hydrogens is 628 g/mol. The van der Waals surface area contributed by atoms with E-state index in [4.69, 9.17) is 9.57 Å². The van der Waals surface area contributed by atoms with E-state index in [1.165, 1.54) is 44.4 Å². The van der Waals surface area contributed by atoms with E-state index >= 15 is 0 Å². The van der Waals surface area contributed by atoms with Crippen LogP contribution >= 0.6 is 0 Å². The number of aryl methyl sites for hydroxylation is 1. The number of halogens is 2. The Hall–Kier alpha value is -4.33. The molecule has 11 nitrogen and oxygen atoms in total. The maximum atomic E-state index is 14.1. The van der Waals surface area contributed by atoms with Crippen molar-refractivity contribution in [3.05, 3.63) is 72.3 Å². The SMILES string of the molecule is COc1cc(N2CCC(N3CCC(N(C)C)CC3)CC2)c(-c2cnn(C)c2)cc1Nc1cc(N2OCC[C@@H]2c2cc(F)cc(F)c2)ncn1.